The van der Waals surface area contributed by atoms with Crippen molar-refractivity contribution in [3.05, 3.63) is 47.5 Å². The molecule has 0 unspecified atom stereocenters. The van der Waals surface area contributed by atoms with Gasteiger partial charge >= 0.3 is 0 Å². The summed E-state index contributed by atoms with van der Waals surface area (Å²) in [5.74, 6) is 0.936. The first-order chi connectivity index (χ1) is 17.6. The van der Waals surface area contributed by atoms with Gasteiger partial charge in [-0.3, -0.25) is 14.7 Å². The number of likely N-dealkylation sites (tertiary alicyclic amines) is 1. The van der Waals surface area contributed by atoms with Crippen LogP contribution in [0.2, 0.25) is 0 Å². The van der Waals surface area contributed by atoms with Gasteiger partial charge in [-0.25, -0.2) is 14.4 Å². The molecule has 0 radical (unpaired) electrons. The average Bonchev–Trinajstić information content (AvgIpc) is 3.18. The Hall–Kier alpha value is -3.41. The Balaban J connectivity index is 1.08. The van der Waals surface area contributed by atoms with Crippen molar-refractivity contribution >= 4 is 22.8 Å². The summed E-state index contributed by atoms with van der Waals surface area (Å²) in [5.41, 5.74) is 2.58. The van der Waals surface area contributed by atoms with Crippen LogP contribution in [0.3, 0.4) is 0 Å². The standard InChI is InChI=1S/C25H27FN6O4/c1-34-23-5-3-18-24(31-23)16(17(26)10-28-18)6-7-32-11-15-8-19(21(12-32)36-15)27-9-14-2-4-20-25(29-14)30-22(33)13-35-20/h2-5,10,15,19,21,27H,6-9,11-13H2,1H3,(H,29,30,33)/t15-,19-,21-/m1/s1. The Morgan fingerprint density at radius 3 is 3.06 bits per heavy atom. The predicted molar refractivity (Wildman–Crippen MR) is 128 cm³/mol. The summed E-state index contributed by atoms with van der Waals surface area (Å²) in [6.07, 6.45) is 2.86. The fourth-order valence-electron chi connectivity index (χ4n) is 5.17. The van der Waals surface area contributed by atoms with Gasteiger partial charge in [-0.2, -0.15) is 0 Å². The fraction of sp³-hybridized carbons (Fsp3) is 0.440. The highest BCUT2D eigenvalue weighted by molar-refractivity contribution is 5.94. The molecule has 2 fully saturated rings. The second kappa shape index (κ2) is 9.57. The third kappa shape index (κ3) is 4.57. The predicted octanol–water partition coefficient (Wildman–Crippen LogP) is 1.68. The van der Waals surface area contributed by atoms with Crippen LogP contribution in [0.25, 0.3) is 11.0 Å². The number of aromatic nitrogens is 3. The lowest BCUT2D eigenvalue weighted by atomic mass is 10.1. The second-order valence-corrected chi connectivity index (χ2v) is 9.32. The number of halogens is 1. The lowest BCUT2D eigenvalue weighted by Gasteiger charge is -2.33. The molecule has 36 heavy (non-hydrogen) atoms. The van der Waals surface area contributed by atoms with E-state index in [1.54, 1.807) is 19.2 Å². The van der Waals surface area contributed by atoms with Gasteiger partial charge in [0.05, 0.1) is 42.2 Å². The number of rotatable bonds is 7. The Morgan fingerprint density at radius 1 is 1.25 bits per heavy atom. The molecule has 0 aliphatic carbocycles. The molecule has 1 amide bonds. The SMILES string of the molecule is COc1ccc2ncc(F)c(CCN3C[C@H]4C[C@@H](NCc5ccc6c(n5)NC(=O)CO6)[C@@H](C3)O4)c2n1. The number of anilines is 1. The number of ether oxygens (including phenoxy) is 3. The second-order valence-electron chi connectivity index (χ2n) is 9.32. The zero-order valence-electron chi connectivity index (χ0n) is 19.9. The third-order valence-electron chi connectivity index (χ3n) is 6.94. The fourth-order valence-corrected chi connectivity index (χ4v) is 5.17. The molecule has 10 nitrogen and oxygen atoms in total. The van der Waals surface area contributed by atoms with Gasteiger partial charge in [0.15, 0.2) is 18.2 Å². The first-order valence-electron chi connectivity index (χ1n) is 12.1. The number of carbonyl (C=O) groups excluding carboxylic acids is 1. The highest BCUT2D eigenvalue weighted by Gasteiger charge is 2.40. The molecule has 3 aliphatic heterocycles. The lowest BCUT2D eigenvalue weighted by Crippen LogP contribution is -2.47. The number of morpholine rings is 1. The lowest BCUT2D eigenvalue weighted by molar-refractivity contribution is -0.118. The van der Waals surface area contributed by atoms with Crippen LogP contribution >= 0.6 is 0 Å². The maximum Gasteiger partial charge on any atom is 0.263 e. The van der Waals surface area contributed by atoms with Crippen LogP contribution in [0.1, 0.15) is 17.7 Å². The van der Waals surface area contributed by atoms with Crippen LogP contribution in [-0.2, 0) is 22.5 Å². The number of nitrogens with one attached hydrogen (secondary N) is 2. The summed E-state index contributed by atoms with van der Waals surface area (Å²) in [5, 5.41) is 6.31. The van der Waals surface area contributed by atoms with Gasteiger partial charge in [0.2, 0.25) is 5.88 Å². The summed E-state index contributed by atoms with van der Waals surface area (Å²) < 4.78 is 31.5. The third-order valence-corrected chi connectivity index (χ3v) is 6.94. The molecule has 2 bridgehead atoms. The number of hydrogen-bond acceptors (Lipinski definition) is 9. The van der Waals surface area contributed by atoms with Crippen LogP contribution in [0, 0.1) is 5.82 Å². The zero-order valence-corrected chi connectivity index (χ0v) is 19.9. The number of pyridine rings is 3. The van der Waals surface area contributed by atoms with E-state index < -0.39 is 0 Å². The van der Waals surface area contributed by atoms with Gasteiger partial charge in [0.1, 0.15) is 5.82 Å². The average molecular weight is 495 g/mol. The number of hydrogen-bond donors (Lipinski definition) is 2. The molecule has 6 rings (SSSR count). The van der Waals surface area contributed by atoms with Crippen molar-refractivity contribution in [2.75, 3.05) is 38.7 Å². The number of fused-ring (bicyclic) bond motifs is 4. The summed E-state index contributed by atoms with van der Waals surface area (Å²) in [7, 11) is 1.54. The number of nitrogens with zero attached hydrogens (tertiary/aromatic N) is 4. The molecule has 3 atom stereocenters. The minimum absolute atomic E-state index is 0.0139. The normalized spacial score (nSPS) is 23.3. The maximum atomic E-state index is 14.7. The van der Waals surface area contributed by atoms with Gasteiger partial charge in [0.25, 0.3) is 5.91 Å². The quantitative estimate of drug-likeness (QED) is 0.507. The van der Waals surface area contributed by atoms with E-state index >= 15 is 0 Å². The molecule has 0 spiro atoms. The van der Waals surface area contributed by atoms with Crippen LogP contribution in [0.15, 0.2) is 30.5 Å². The van der Waals surface area contributed by atoms with E-state index in [1.807, 2.05) is 12.1 Å². The van der Waals surface area contributed by atoms with Crippen LogP contribution in [0.4, 0.5) is 10.2 Å². The summed E-state index contributed by atoms with van der Waals surface area (Å²) >= 11 is 0. The van der Waals surface area contributed by atoms with Gasteiger partial charge in [0, 0.05) is 43.9 Å². The van der Waals surface area contributed by atoms with Crippen molar-refractivity contribution in [2.24, 2.45) is 0 Å². The van der Waals surface area contributed by atoms with E-state index in [9.17, 15) is 9.18 Å². The Labute approximate surface area is 207 Å². The first kappa shape index (κ1) is 23.0. The molecule has 6 heterocycles. The van der Waals surface area contributed by atoms with E-state index in [0.29, 0.717) is 53.6 Å². The van der Waals surface area contributed by atoms with Crippen molar-refractivity contribution < 1.29 is 23.4 Å². The maximum absolute atomic E-state index is 14.7. The Morgan fingerprint density at radius 2 is 2.17 bits per heavy atom. The Kier molecular flexibility index (Phi) is 6.12. The van der Waals surface area contributed by atoms with Gasteiger partial charge in [-0.1, -0.05) is 0 Å². The van der Waals surface area contributed by atoms with E-state index in [-0.39, 0.29) is 36.6 Å². The highest BCUT2D eigenvalue weighted by atomic mass is 19.1. The largest absolute Gasteiger partial charge is 0.481 e. The number of amides is 1. The summed E-state index contributed by atoms with van der Waals surface area (Å²) in [6, 6.07) is 7.44. The highest BCUT2D eigenvalue weighted by Crippen LogP contribution is 2.29. The van der Waals surface area contributed by atoms with Crippen molar-refractivity contribution in [1.29, 1.82) is 0 Å². The molecule has 3 aromatic rings. The Bertz CT molecular complexity index is 1310. The number of methoxy groups -OCH3 is 1. The summed E-state index contributed by atoms with van der Waals surface area (Å²) in [6.45, 7) is 2.83. The van der Waals surface area contributed by atoms with E-state index in [0.717, 1.165) is 25.2 Å². The first-order valence-corrected chi connectivity index (χ1v) is 12.1. The van der Waals surface area contributed by atoms with E-state index in [2.05, 4.69) is 30.5 Å². The van der Waals surface area contributed by atoms with E-state index in [4.69, 9.17) is 14.2 Å². The van der Waals surface area contributed by atoms with E-state index in [1.165, 1.54) is 6.20 Å². The molecule has 188 valence electrons. The van der Waals surface area contributed by atoms with Crippen molar-refractivity contribution in [1.82, 2.24) is 25.2 Å². The van der Waals surface area contributed by atoms with Crippen molar-refractivity contribution in [3.63, 3.8) is 0 Å². The van der Waals surface area contributed by atoms with Crippen LogP contribution in [-0.4, -0.2) is 77.4 Å². The molecule has 2 N–H and O–H groups in total. The van der Waals surface area contributed by atoms with Gasteiger partial charge in [-0.05, 0) is 31.0 Å². The minimum Gasteiger partial charge on any atom is -0.481 e. The van der Waals surface area contributed by atoms with Gasteiger partial charge < -0.3 is 24.8 Å². The molecule has 3 aromatic heterocycles. The number of carbonyl (C=O) groups is 1. The molecule has 11 heteroatoms. The smallest absolute Gasteiger partial charge is 0.263 e. The van der Waals surface area contributed by atoms with Crippen molar-refractivity contribution in [3.8, 4) is 11.6 Å². The molecular weight excluding hydrogens is 467 g/mol. The van der Waals surface area contributed by atoms with Crippen LogP contribution in [0.5, 0.6) is 11.6 Å². The van der Waals surface area contributed by atoms with Crippen molar-refractivity contribution in [2.45, 2.75) is 37.6 Å². The summed E-state index contributed by atoms with van der Waals surface area (Å²) in [4.78, 5) is 27.0. The topological polar surface area (TPSA) is 111 Å². The molecule has 3 aliphatic rings. The zero-order chi connectivity index (χ0) is 24.6. The molecular formula is C25H27FN6O4. The van der Waals surface area contributed by atoms with Gasteiger partial charge in [-0.15, -0.1) is 0 Å². The van der Waals surface area contributed by atoms with Crippen LogP contribution < -0.4 is 20.1 Å². The molecule has 2 saturated heterocycles. The molecule has 0 aromatic carbocycles. The monoisotopic (exact) mass is 494 g/mol. The minimum atomic E-state index is -0.349. The molecule has 0 saturated carbocycles.